The average molecular weight is 260 g/mol. The Bertz CT molecular complexity index is 579. The number of ether oxygens (including phenoxy) is 1. The van der Waals surface area contributed by atoms with E-state index in [4.69, 9.17) is 4.74 Å². The molecule has 3 rings (SSSR count). The molecule has 0 amide bonds. The van der Waals surface area contributed by atoms with Gasteiger partial charge in [0.25, 0.3) is 0 Å². The molecule has 0 unspecified atom stereocenters. The smallest absolute Gasteiger partial charge is 0.212 e. The van der Waals surface area contributed by atoms with Gasteiger partial charge in [-0.15, -0.1) is 10.2 Å². The molecule has 1 aromatic heterocycles. The van der Waals surface area contributed by atoms with Crippen LogP contribution in [0, 0.1) is 0 Å². The monoisotopic (exact) mass is 260 g/mol. The van der Waals surface area contributed by atoms with E-state index in [0.717, 1.165) is 28.2 Å². The normalized spacial score (nSPS) is 13.9. The Morgan fingerprint density at radius 1 is 1.28 bits per heavy atom. The van der Waals surface area contributed by atoms with Crippen LogP contribution in [0.3, 0.4) is 0 Å². The van der Waals surface area contributed by atoms with E-state index in [2.05, 4.69) is 15.3 Å². The maximum atomic E-state index is 5.65. The Labute approximate surface area is 109 Å². The minimum Gasteiger partial charge on any atom is -0.486 e. The SMILES string of the molecule is CC1=Nn2c(COc3ccccc3)nnc2SC1. The molecule has 0 aliphatic carbocycles. The molecule has 18 heavy (non-hydrogen) atoms. The summed E-state index contributed by atoms with van der Waals surface area (Å²) in [5.74, 6) is 2.41. The highest BCUT2D eigenvalue weighted by Gasteiger charge is 2.17. The number of benzene rings is 1. The zero-order valence-corrected chi connectivity index (χ0v) is 10.7. The van der Waals surface area contributed by atoms with Crippen LogP contribution in [-0.2, 0) is 6.61 Å². The molecule has 0 spiro atoms. The minimum absolute atomic E-state index is 0.369. The van der Waals surface area contributed by atoms with Crippen LogP contribution in [0.25, 0.3) is 0 Å². The second-order valence-electron chi connectivity index (χ2n) is 3.94. The first-order valence-corrected chi connectivity index (χ1v) is 6.61. The van der Waals surface area contributed by atoms with Gasteiger partial charge in [0.15, 0.2) is 5.82 Å². The third-order valence-electron chi connectivity index (χ3n) is 2.47. The first kappa shape index (κ1) is 11.3. The van der Waals surface area contributed by atoms with Gasteiger partial charge in [-0.05, 0) is 19.1 Å². The van der Waals surface area contributed by atoms with Crippen LogP contribution in [0.1, 0.15) is 12.7 Å². The van der Waals surface area contributed by atoms with Crippen molar-refractivity contribution in [3.63, 3.8) is 0 Å². The van der Waals surface area contributed by atoms with Crippen LogP contribution in [0.5, 0.6) is 5.75 Å². The predicted molar refractivity (Wildman–Crippen MR) is 70.0 cm³/mol. The molecule has 1 aliphatic heterocycles. The van der Waals surface area contributed by atoms with Gasteiger partial charge in [0.2, 0.25) is 5.16 Å². The van der Waals surface area contributed by atoms with E-state index in [1.807, 2.05) is 37.3 Å². The van der Waals surface area contributed by atoms with Gasteiger partial charge in [-0.3, -0.25) is 0 Å². The largest absolute Gasteiger partial charge is 0.486 e. The highest BCUT2D eigenvalue weighted by molar-refractivity contribution is 7.99. The quantitative estimate of drug-likeness (QED) is 0.849. The number of hydrogen-bond donors (Lipinski definition) is 0. The Morgan fingerprint density at radius 3 is 2.94 bits per heavy atom. The van der Waals surface area contributed by atoms with E-state index in [0.29, 0.717) is 6.61 Å². The highest BCUT2D eigenvalue weighted by Crippen LogP contribution is 2.22. The van der Waals surface area contributed by atoms with E-state index in [-0.39, 0.29) is 0 Å². The summed E-state index contributed by atoms with van der Waals surface area (Å²) in [5, 5.41) is 13.5. The zero-order valence-electron chi connectivity index (χ0n) is 9.91. The molecule has 0 radical (unpaired) electrons. The van der Waals surface area contributed by atoms with Gasteiger partial charge in [0, 0.05) is 11.5 Å². The van der Waals surface area contributed by atoms with E-state index < -0.39 is 0 Å². The van der Waals surface area contributed by atoms with Crippen LogP contribution in [0.15, 0.2) is 40.6 Å². The number of fused-ring (bicyclic) bond motifs is 1. The van der Waals surface area contributed by atoms with Gasteiger partial charge in [0.05, 0.1) is 0 Å². The molecule has 1 aliphatic rings. The van der Waals surface area contributed by atoms with Crippen LogP contribution in [0.4, 0.5) is 0 Å². The Hall–Kier alpha value is -1.82. The second-order valence-corrected chi connectivity index (χ2v) is 4.88. The summed E-state index contributed by atoms with van der Waals surface area (Å²) >= 11 is 1.64. The van der Waals surface area contributed by atoms with Gasteiger partial charge < -0.3 is 4.74 Å². The number of aromatic nitrogens is 3. The molecular formula is C12H12N4OS. The fourth-order valence-electron chi connectivity index (χ4n) is 1.61. The van der Waals surface area contributed by atoms with Gasteiger partial charge >= 0.3 is 0 Å². The lowest BCUT2D eigenvalue weighted by atomic mass is 10.3. The van der Waals surface area contributed by atoms with Crippen molar-refractivity contribution in [3.05, 3.63) is 36.2 Å². The lowest BCUT2D eigenvalue weighted by Crippen LogP contribution is -2.11. The van der Waals surface area contributed by atoms with E-state index in [1.54, 1.807) is 16.4 Å². The third-order valence-corrected chi connectivity index (χ3v) is 3.54. The number of hydrogen-bond acceptors (Lipinski definition) is 5. The summed E-state index contributed by atoms with van der Waals surface area (Å²) in [6, 6.07) is 9.66. The molecule has 0 N–H and O–H groups in total. The van der Waals surface area contributed by atoms with Gasteiger partial charge in [-0.25, -0.2) is 0 Å². The maximum absolute atomic E-state index is 5.65. The van der Waals surface area contributed by atoms with Crippen molar-refractivity contribution in [2.45, 2.75) is 18.7 Å². The molecule has 2 aromatic rings. The summed E-state index contributed by atoms with van der Waals surface area (Å²) in [7, 11) is 0. The topological polar surface area (TPSA) is 52.3 Å². The van der Waals surface area contributed by atoms with Crippen molar-refractivity contribution in [2.75, 3.05) is 5.75 Å². The number of thioether (sulfide) groups is 1. The van der Waals surface area contributed by atoms with Crippen molar-refractivity contribution >= 4 is 17.5 Å². The van der Waals surface area contributed by atoms with Crippen molar-refractivity contribution < 1.29 is 4.74 Å². The fourth-order valence-corrected chi connectivity index (χ4v) is 2.37. The minimum atomic E-state index is 0.369. The van der Waals surface area contributed by atoms with Gasteiger partial charge in [-0.2, -0.15) is 9.78 Å². The van der Waals surface area contributed by atoms with Crippen LogP contribution >= 0.6 is 11.8 Å². The molecule has 0 fully saturated rings. The summed E-state index contributed by atoms with van der Waals surface area (Å²) < 4.78 is 7.41. The Morgan fingerprint density at radius 2 is 2.11 bits per heavy atom. The zero-order chi connectivity index (χ0) is 12.4. The third kappa shape index (κ3) is 2.24. The van der Waals surface area contributed by atoms with Crippen molar-refractivity contribution in [1.29, 1.82) is 0 Å². The first-order valence-electron chi connectivity index (χ1n) is 5.62. The molecule has 5 nitrogen and oxygen atoms in total. The molecular weight excluding hydrogens is 248 g/mol. The standard InChI is InChI=1S/C12H12N4OS/c1-9-8-18-12-14-13-11(16(12)15-9)7-17-10-5-3-2-4-6-10/h2-6H,7-8H2,1H3. The van der Waals surface area contributed by atoms with Crippen LogP contribution in [0.2, 0.25) is 0 Å². The van der Waals surface area contributed by atoms with Crippen molar-refractivity contribution in [2.24, 2.45) is 5.10 Å². The van der Waals surface area contributed by atoms with Gasteiger partial charge in [-0.1, -0.05) is 30.0 Å². The van der Waals surface area contributed by atoms with E-state index >= 15 is 0 Å². The van der Waals surface area contributed by atoms with Crippen molar-refractivity contribution in [1.82, 2.24) is 14.9 Å². The number of rotatable bonds is 3. The lowest BCUT2D eigenvalue weighted by molar-refractivity contribution is 0.290. The summed E-state index contributed by atoms with van der Waals surface area (Å²) in [5.41, 5.74) is 1.06. The summed E-state index contributed by atoms with van der Waals surface area (Å²) in [6.45, 7) is 2.37. The number of nitrogens with zero attached hydrogens (tertiary/aromatic N) is 4. The van der Waals surface area contributed by atoms with Gasteiger partial charge in [0.1, 0.15) is 12.4 Å². The predicted octanol–water partition coefficient (Wildman–Crippen LogP) is 2.19. The molecule has 1 aromatic carbocycles. The molecule has 6 heteroatoms. The van der Waals surface area contributed by atoms with E-state index in [9.17, 15) is 0 Å². The molecule has 0 saturated carbocycles. The molecule has 2 heterocycles. The summed E-state index contributed by atoms with van der Waals surface area (Å²) in [6.07, 6.45) is 0. The molecule has 92 valence electrons. The fraction of sp³-hybridized carbons (Fsp3) is 0.250. The first-order chi connectivity index (χ1) is 8.83. The highest BCUT2D eigenvalue weighted by atomic mass is 32.2. The maximum Gasteiger partial charge on any atom is 0.212 e. The lowest BCUT2D eigenvalue weighted by Gasteiger charge is -2.11. The van der Waals surface area contributed by atoms with Crippen LogP contribution < -0.4 is 4.74 Å². The summed E-state index contributed by atoms with van der Waals surface area (Å²) in [4.78, 5) is 0. The Kier molecular flexibility index (Phi) is 3.02. The average Bonchev–Trinajstić information content (AvgIpc) is 2.80. The molecule has 0 saturated heterocycles. The molecule has 0 atom stereocenters. The Balaban J connectivity index is 1.77. The molecule has 0 bridgehead atoms. The second kappa shape index (κ2) is 4.81. The van der Waals surface area contributed by atoms with E-state index in [1.165, 1.54) is 0 Å². The van der Waals surface area contributed by atoms with Crippen molar-refractivity contribution in [3.8, 4) is 5.75 Å². The van der Waals surface area contributed by atoms with Crippen LogP contribution in [-0.4, -0.2) is 26.3 Å². The number of para-hydroxylation sites is 1.